The van der Waals surface area contributed by atoms with Crippen molar-refractivity contribution in [1.29, 1.82) is 0 Å². The van der Waals surface area contributed by atoms with E-state index in [1.165, 1.54) is 117 Å². The molecule has 0 fully saturated rings. The molecular weight excluding hydrogens is 918 g/mol. The minimum atomic E-state index is -0.0874. The summed E-state index contributed by atoms with van der Waals surface area (Å²) in [5, 5.41) is 2.49. The third-order valence-electron chi connectivity index (χ3n) is 16.6. The van der Waals surface area contributed by atoms with Crippen LogP contribution < -0.4 is 26.2 Å². The lowest BCUT2D eigenvalue weighted by molar-refractivity contribution is 0.568. The molecule has 0 saturated carbocycles. The molecule has 3 nitrogen and oxygen atoms in total. The zero-order valence-corrected chi connectivity index (χ0v) is 48.9. The van der Waals surface area contributed by atoms with Gasteiger partial charge >= 0.3 is 0 Å². The van der Waals surface area contributed by atoms with Gasteiger partial charge in [0.25, 0.3) is 6.71 Å². The van der Waals surface area contributed by atoms with E-state index in [0.717, 1.165) is 5.69 Å². The molecular formula is C72H80BN3. The van der Waals surface area contributed by atoms with Crippen LogP contribution in [0.4, 0.5) is 34.1 Å². The standard InChI is InChI=1S/C72H80BN3/c1-67(2,3)47-29-32-61-58(41-47)73-59-42-48(68(4,5)6)30-33-62(59)76(54-39-51(71(13,14)15)36-52(40-54)72(16,17)18)65-44-55(43-64(66(65)73)75(61)53-37-49(69(7,8)9)35-50(38-53)70(10,11)12)74-60-27-23-22-26-56(60)57-31-28-46(34-63(57)74)45-24-20-19-21-25-45/h19-44H,1-18H3. The number of hydrogen-bond acceptors (Lipinski definition) is 2. The molecule has 2 aliphatic rings. The van der Waals surface area contributed by atoms with Gasteiger partial charge in [-0.2, -0.15) is 0 Å². The van der Waals surface area contributed by atoms with Crippen LogP contribution in [0.15, 0.2) is 158 Å². The van der Waals surface area contributed by atoms with E-state index in [4.69, 9.17) is 0 Å². The van der Waals surface area contributed by atoms with E-state index in [9.17, 15) is 0 Å². The Balaban J connectivity index is 1.35. The monoisotopic (exact) mass is 998 g/mol. The predicted octanol–water partition coefficient (Wildman–Crippen LogP) is 18.3. The summed E-state index contributed by atoms with van der Waals surface area (Å²) in [6.07, 6.45) is 0. The number of aromatic nitrogens is 1. The number of anilines is 6. The van der Waals surface area contributed by atoms with Crippen molar-refractivity contribution < 1.29 is 0 Å². The zero-order chi connectivity index (χ0) is 54.4. The molecule has 0 saturated heterocycles. The second kappa shape index (κ2) is 17.4. The maximum atomic E-state index is 2.66. The molecule has 386 valence electrons. The fraction of sp³-hybridized carbons (Fsp3) is 0.333. The third kappa shape index (κ3) is 8.78. The summed E-state index contributed by atoms with van der Waals surface area (Å²) in [4.78, 5) is 5.33. The lowest BCUT2D eigenvalue weighted by Crippen LogP contribution is -2.61. The van der Waals surface area contributed by atoms with Crippen molar-refractivity contribution >= 4 is 79.0 Å². The van der Waals surface area contributed by atoms with E-state index >= 15 is 0 Å². The van der Waals surface area contributed by atoms with Crippen molar-refractivity contribution in [3.8, 4) is 16.8 Å². The normalized spacial score (nSPS) is 14.1. The Morgan fingerprint density at radius 3 is 1.13 bits per heavy atom. The second-order valence-electron chi connectivity index (χ2n) is 28.5. The van der Waals surface area contributed by atoms with Crippen LogP contribution in [0.5, 0.6) is 0 Å². The van der Waals surface area contributed by atoms with E-state index in [0.29, 0.717) is 0 Å². The SMILES string of the molecule is CC(C)(C)c1cc(N2c3ccc(C(C)(C)C)cc3B3c4cc(C(C)(C)C)ccc4N(c4cc(C(C)(C)C)cc(C(C)(C)C)c4)c4cc(-n5c6ccccc6c6ccc(-c7ccccc7)cc65)cc2c43)cc(C(C)(C)C)c1. The van der Waals surface area contributed by atoms with Crippen molar-refractivity contribution in [2.45, 2.75) is 157 Å². The summed E-state index contributed by atoms with van der Waals surface area (Å²) in [6.45, 7) is 42.5. The van der Waals surface area contributed by atoms with Gasteiger partial charge in [-0.15, -0.1) is 0 Å². The Morgan fingerprint density at radius 1 is 0.289 bits per heavy atom. The number of nitrogens with zero attached hydrogens (tertiary/aromatic N) is 3. The molecule has 0 bridgehead atoms. The molecule has 0 atom stereocenters. The zero-order valence-electron chi connectivity index (χ0n) is 48.9. The van der Waals surface area contributed by atoms with Crippen molar-refractivity contribution in [2.75, 3.05) is 9.80 Å². The van der Waals surface area contributed by atoms with Gasteiger partial charge in [0.15, 0.2) is 0 Å². The summed E-state index contributed by atoms with van der Waals surface area (Å²) >= 11 is 0. The lowest BCUT2D eigenvalue weighted by atomic mass is 9.33. The topological polar surface area (TPSA) is 11.4 Å². The highest BCUT2D eigenvalue weighted by Gasteiger charge is 2.45. The first kappa shape index (κ1) is 51.3. The smallest absolute Gasteiger partial charge is 0.252 e. The largest absolute Gasteiger partial charge is 0.311 e. The van der Waals surface area contributed by atoms with Gasteiger partial charge in [-0.3, -0.25) is 0 Å². The number of benzene rings is 8. The molecule has 0 spiro atoms. The van der Waals surface area contributed by atoms with Crippen molar-refractivity contribution in [3.63, 3.8) is 0 Å². The summed E-state index contributed by atoms with van der Waals surface area (Å²) < 4.78 is 2.56. The fourth-order valence-electron chi connectivity index (χ4n) is 11.9. The van der Waals surface area contributed by atoms with Crippen molar-refractivity contribution in [1.82, 2.24) is 4.57 Å². The van der Waals surface area contributed by atoms with E-state index < -0.39 is 0 Å². The van der Waals surface area contributed by atoms with Crippen molar-refractivity contribution in [3.05, 3.63) is 191 Å². The van der Waals surface area contributed by atoms with Gasteiger partial charge in [-0.25, -0.2) is 0 Å². The lowest BCUT2D eigenvalue weighted by Gasteiger charge is -2.46. The van der Waals surface area contributed by atoms with Crippen molar-refractivity contribution in [2.24, 2.45) is 0 Å². The maximum absolute atomic E-state index is 2.66. The molecule has 0 unspecified atom stereocenters. The second-order valence-corrected chi connectivity index (χ2v) is 28.5. The maximum Gasteiger partial charge on any atom is 0.252 e. The molecule has 3 heterocycles. The highest BCUT2D eigenvalue weighted by Crippen LogP contribution is 2.50. The first-order chi connectivity index (χ1) is 35.5. The number of rotatable bonds is 4. The van der Waals surface area contributed by atoms with Crippen LogP contribution in [0.2, 0.25) is 0 Å². The molecule has 0 amide bonds. The average Bonchev–Trinajstić information content (AvgIpc) is 3.81. The highest BCUT2D eigenvalue weighted by atomic mass is 15.2. The molecule has 0 aliphatic carbocycles. The average molecular weight is 998 g/mol. The van der Waals surface area contributed by atoms with Gasteiger partial charge in [0, 0.05) is 44.9 Å². The Kier molecular flexibility index (Phi) is 11.7. The number of hydrogen-bond donors (Lipinski definition) is 0. The minimum Gasteiger partial charge on any atom is -0.311 e. The van der Waals surface area contributed by atoms with Gasteiger partial charge in [-0.05, 0) is 154 Å². The molecule has 0 N–H and O–H groups in total. The van der Waals surface area contributed by atoms with Crippen LogP contribution in [-0.4, -0.2) is 11.3 Å². The molecule has 9 aromatic rings. The van der Waals surface area contributed by atoms with Crippen LogP contribution in [-0.2, 0) is 32.5 Å². The third-order valence-corrected chi connectivity index (χ3v) is 16.6. The summed E-state index contributed by atoms with van der Waals surface area (Å²) in [6, 6.07) is 61.9. The van der Waals surface area contributed by atoms with Gasteiger partial charge in [0.05, 0.1) is 16.7 Å². The first-order valence-electron chi connectivity index (χ1n) is 27.9. The van der Waals surface area contributed by atoms with Gasteiger partial charge in [0.1, 0.15) is 0 Å². The van der Waals surface area contributed by atoms with E-state index in [2.05, 4.69) is 297 Å². The van der Waals surface area contributed by atoms with Crippen LogP contribution in [0.3, 0.4) is 0 Å². The minimum absolute atomic E-state index is 0.0512. The molecule has 11 rings (SSSR count). The number of fused-ring (bicyclic) bond motifs is 7. The molecule has 76 heavy (non-hydrogen) atoms. The highest BCUT2D eigenvalue weighted by molar-refractivity contribution is 7.00. The first-order valence-corrected chi connectivity index (χ1v) is 27.9. The Bertz CT molecular complexity index is 3540. The molecule has 1 aromatic heterocycles. The van der Waals surface area contributed by atoms with E-state index in [1.807, 2.05) is 0 Å². The predicted molar refractivity (Wildman–Crippen MR) is 332 cm³/mol. The molecule has 2 aliphatic heterocycles. The van der Waals surface area contributed by atoms with Crippen LogP contribution in [0.25, 0.3) is 38.6 Å². The van der Waals surface area contributed by atoms with Gasteiger partial charge in [-0.1, -0.05) is 222 Å². The summed E-state index contributed by atoms with van der Waals surface area (Å²) in [7, 11) is 0. The number of para-hydroxylation sites is 1. The molecule has 8 aromatic carbocycles. The van der Waals surface area contributed by atoms with Gasteiger partial charge in [0.2, 0.25) is 0 Å². The van der Waals surface area contributed by atoms with Crippen LogP contribution in [0.1, 0.15) is 158 Å². The quantitative estimate of drug-likeness (QED) is 0.163. The Hall–Kier alpha value is -6.78. The Labute approximate surface area is 456 Å². The molecule has 4 heteroatoms. The fourth-order valence-corrected chi connectivity index (χ4v) is 11.9. The Morgan fingerprint density at radius 2 is 0.697 bits per heavy atom. The summed E-state index contributed by atoms with van der Waals surface area (Å²) in [5.41, 5.74) is 24.8. The van der Waals surface area contributed by atoms with E-state index in [1.54, 1.807) is 0 Å². The van der Waals surface area contributed by atoms with E-state index in [-0.39, 0.29) is 39.2 Å². The summed E-state index contributed by atoms with van der Waals surface area (Å²) in [5.74, 6) is 0. The van der Waals surface area contributed by atoms with Crippen LogP contribution in [0, 0.1) is 0 Å². The van der Waals surface area contributed by atoms with Gasteiger partial charge < -0.3 is 14.4 Å². The molecule has 0 radical (unpaired) electrons. The van der Waals surface area contributed by atoms with Crippen LogP contribution >= 0.6 is 0 Å².